The lowest BCUT2D eigenvalue weighted by atomic mass is 10.2. The molecule has 0 radical (unpaired) electrons. The summed E-state index contributed by atoms with van der Waals surface area (Å²) in [4.78, 5) is 18.2. The summed E-state index contributed by atoms with van der Waals surface area (Å²) in [6, 6.07) is 3.61. The molecule has 0 fully saturated rings. The van der Waals surface area contributed by atoms with Crippen LogP contribution in [0.3, 0.4) is 0 Å². The summed E-state index contributed by atoms with van der Waals surface area (Å²) in [5.41, 5.74) is 1.55. The standard InChI is InChI=1S/C13H21N3O/c1-5-6-7-16(4)13(17)11-8-10(2)15-12(9-11)14-3/h8-9H,5-7H2,1-4H3,(H,14,15). The van der Waals surface area contributed by atoms with E-state index in [-0.39, 0.29) is 5.91 Å². The van der Waals surface area contributed by atoms with E-state index in [0.29, 0.717) is 5.56 Å². The van der Waals surface area contributed by atoms with Crippen LogP contribution in [0.15, 0.2) is 12.1 Å². The van der Waals surface area contributed by atoms with Gasteiger partial charge in [0.05, 0.1) is 0 Å². The highest BCUT2D eigenvalue weighted by molar-refractivity contribution is 5.94. The quantitative estimate of drug-likeness (QED) is 0.851. The van der Waals surface area contributed by atoms with Gasteiger partial charge in [-0.25, -0.2) is 4.98 Å². The molecule has 94 valence electrons. The van der Waals surface area contributed by atoms with Crippen LogP contribution in [-0.2, 0) is 0 Å². The van der Waals surface area contributed by atoms with Gasteiger partial charge >= 0.3 is 0 Å². The third kappa shape index (κ3) is 3.73. The van der Waals surface area contributed by atoms with Gasteiger partial charge in [0.2, 0.25) is 0 Å². The fraction of sp³-hybridized carbons (Fsp3) is 0.538. The second-order valence-electron chi connectivity index (χ2n) is 4.21. The Kier molecular flexibility index (Phi) is 4.94. The molecule has 17 heavy (non-hydrogen) atoms. The molecule has 1 heterocycles. The number of pyridine rings is 1. The van der Waals surface area contributed by atoms with E-state index >= 15 is 0 Å². The minimum atomic E-state index is 0.0560. The maximum Gasteiger partial charge on any atom is 0.253 e. The maximum atomic E-state index is 12.1. The smallest absolute Gasteiger partial charge is 0.253 e. The van der Waals surface area contributed by atoms with Crippen LogP contribution in [0.5, 0.6) is 0 Å². The summed E-state index contributed by atoms with van der Waals surface area (Å²) in [5, 5.41) is 2.96. The van der Waals surface area contributed by atoms with E-state index in [9.17, 15) is 4.79 Å². The van der Waals surface area contributed by atoms with Gasteiger partial charge in [-0.2, -0.15) is 0 Å². The van der Waals surface area contributed by atoms with E-state index in [0.717, 1.165) is 30.9 Å². The number of aryl methyl sites for hydroxylation is 1. The van der Waals surface area contributed by atoms with Crippen molar-refractivity contribution in [3.63, 3.8) is 0 Å². The number of amides is 1. The molecule has 1 rings (SSSR count). The lowest BCUT2D eigenvalue weighted by Crippen LogP contribution is -2.27. The zero-order chi connectivity index (χ0) is 12.8. The normalized spacial score (nSPS) is 10.1. The molecule has 0 unspecified atom stereocenters. The van der Waals surface area contributed by atoms with Gasteiger partial charge in [-0.15, -0.1) is 0 Å². The third-order valence-electron chi connectivity index (χ3n) is 2.65. The second-order valence-corrected chi connectivity index (χ2v) is 4.21. The van der Waals surface area contributed by atoms with Gasteiger partial charge < -0.3 is 10.2 Å². The molecular weight excluding hydrogens is 214 g/mol. The van der Waals surface area contributed by atoms with Crippen molar-refractivity contribution < 1.29 is 4.79 Å². The molecule has 0 saturated heterocycles. The summed E-state index contributed by atoms with van der Waals surface area (Å²) in [5.74, 6) is 0.790. The number of nitrogens with one attached hydrogen (secondary N) is 1. The molecule has 1 amide bonds. The molecule has 1 N–H and O–H groups in total. The number of rotatable bonds is 5. The molecule has 0 aliphatic carbocycles. The van der Waals surface area contributed by atoms with Crippen molar-refractivity contribution in [2.75, 3.05) is 26.0 Å². The largest absolute Gasteiger partial charge is 0.373 e. The number of anilines is 1. The van der Waals surface area contributed by atoms with Crippen molar-refractivity contribution in [3.05, 3.63) is 23.4 Å². The first kappa shape index (κ1) is 13.5. The van der Waals surface area contributed by atoms with Crippen LogP contribution in [0.4, 0.5) is 5.82 Å². The highest BCUT2D eigenvalue weighted by Crippen LogP contribution is 2.11. The molecule has 0 aliphatic rings. The molecular formula is C13H21N3O. The Morgan fingerprint density at radius 2 is 2.18 bits per heavy atom. The van der Waals surface area contributed by atoms with Gasteiger partial charge in [0.25, 0.3) is 5.91 Å². The minimum Gasteiger partial charge on any atom is -0.373 e. The van der Waals surface area contributed by atoms with Gasteiger partial charge in [0.1, 0.15) is 5.82 Å². The Labute approximate surface area is 103 Å². The van der Waals surface area contributed by atoms with Gasteiger partial charge in [-0.05, 0) is 25.5 Å². The van der Waals surface area contributed by atoms with E-state index in [1.54, 1.807) is 18.0 Å². The number of hydrogen-bond acceptors (Lipinski definition) is 3. The fourth-order valence-electron chi connectivity index (χ4n) is 1.64. The predicted octanol–water partition coefficient (Wildman–Crippen LogP) is 2.30. The van der Waals surface area contributed by atoms with Crippen LogP contribution in [0, 0.1) is 6.92 Å². The van der Waals surface area contributed by atoms with E-state index in [1.165, 1.54) is 0 Å². The summed E-state index contributed by atoms with van der Waals surface area (Å²) in [7, 11) is 3.64. The number of nitrogens with zero attached hydrogens (tertiary/aromatic N) is 2. The van der Waals surface area contributed by atoms with Crippen LogP contribution in [0.2, 0.25) is 0 Å². The van der Waals surface area contributed by atoms with Crippen LogP contribution in [0.25, 0.3) is 0 Å². The summed E-state index contributed by atoms with van der Waals surface area (Å²) >= 11 is 0. The van der Waals surface area contributed by atoms with Gasteiger partial charge in [0.15, 0.2) is 0 Å². The van der Waals surface area contributed by atoms with E-state index in [2.05, 4.69) is 17.2 Å². The summed E-state index contributed by atoms with van der Waals surface area (Å²) in [6.07, 6.45) is 2.12. The Balaban J connectivity index is 2.84. The van der Waals surface area contributed by atoms with E-state index in [4.69, 9.17) is 0 Å². The highest BCUT2D eigenvalue weighted by Gasteiger charge is 2.12. The molecule has 1 aromatic heterocycles. The molecule has 0 bridgehead atoms. The third-order valence-corrected chi connectivity index (χ3v) is 2.65. The molecule has 0 atom stereocenters. The van der Waals surface area contributed by atoms with Crippen LogP contribution in [0.1, 0.15) is 35.8 Å². The average molecular weight is 235 g/mol. The predicted molar refractivity (Wildman–Crippen MR) is 70.4 cm³/mol. The second kappa shape index (κ2) is 6.23. The maximum absolute atomic E-state index is 12.1. The number of aromatic nitrogens is 1. The molecule has 4 nitrogen and oxygen atoms in total. The van der Waals surface area contributed by atoms with Crippen molar-refractivity contribution in [2.24, 2.45) is 0 Å². The Morgan fingerprint density at radius 3 is 2.76 bits per heavy atom. The van der Waals surface area contributed by atoms with Crippen molar-refractivity contribution in [1.82, 2.24) is 9.88 Å². The summed E-state index contributed by atoms with van der Waals surface area (Å²) < 4.78 is 0. The number of carbonyl (C=O) groups is 1. The fourth-order valence-corrected chi connectivity index (χ4v) is 1.64. The van der Waals surface area contributed by atoms with Crippen molar-refractivity contribution in [3.8, 4) is 0 Å². The van der Waals surface area contributed by atoms with Crippen LogP contribution < -0.4 is 5.32 Å². The van der Waals surface area contributed by atoms with Crippen molar-refractivity contribution in [1.29, 1.82) is 0 Å². The number of hydrogen-bond donors (Lipinski definition) is 1. The van der Waals surface area contributed by atoms with Crippen LogP contribution in [-0.4, -0.2) is 36.4 Å². The van der Waals surface area contributed by atoms with Crippen LogP contribution >= 0.6 is 0 Å². The first-order valence-electron chi connectivity index (χ1n) is 6.00. The molecule has 4 heteroatoms. The topological polar surface area (TPSA) is 45.2 Å². The minimum absolute atomic E-state index is 0.0560. The number of unbranched alkanes of at least 4 members (excludes halogenated alkanes) is 1. The van der Waals surface area contributed by atoms with Gasteiger partial charge in [-0.3, -0.25) is 4.79 Å². The first-order chi connectivity index (χ1) is 8.08. The van der Waals surface area contributed by atoms with E-state index < -0.39 is 0 Å². The Hall–Kier alpha value is -1.58. The Bertz CT molecular complexity index is 390. The SMILES string of the molecule is CCCCN(C)C(=O)c1cc(C)nc(NC)c1. The van der Waals surface area contributed by atoms with Gasteiger partial charge in [0, 0.05) is 31.9 Å². The zero-order valence-electron chi connectivity index (χ0n) is 11.1. The first-order valence-corrected chi connectivity index (χ1v) is 6.00. The molecule has 0 aliphatic heterocycles. The monoisotopic (exact) mass is 235 g/mol. The van der Waals surface area contributed by atoms with Crippen molar-refractivity contribution in [2.45, 2.75) is 26.7 Å². The molecule has 1 aromatic rings. The highest BCUT2D eigenvalue weighted by atomic mass is 16.2. The molecule has 0 aromatic carbocycles. The summed E-state index contributed by atoms with van der Waals surface area (Å²) in [6.45, 7) is 4.81. The van der Waals surface area contributed by atoms with Crippen molar-refractivity contribution >= 4 is 11.7 Å². The molecule has 0 spiro atoms. The molecule has 0 saturated carbocycles. The Morgan fingerprint density at radius 1 is 1.47 bits per heavy atom. The lowest BCUT2D eigenvalue weighted by molar-refractivity contribution is 0.0793. The van der Waals surface area contributed by atoms with E-state index in [1.807, 2.05) is 20.0 Å². The zero-order valence-corrected chi connectivity index (χ0v) is 11.1. The average Bonchev–Trinajstić information content (AvgIpc) is 2.34. The van der Waals surface area contributed by atoms with Gasteiger partial charge in [-0.1, -0.05) is 13.3 Å². The number of carbonyl (C=O) groups excluding carboxylic acids is 1. The lowest BCUT2D eigenvalue weighted by Gasteiger charge is -2.17.